The molecule has 0 aromatic heterocycles. The van der Waals surface area contributed by atoms with Gasteiger partial charge in [0.25, 0.3) is 0 Å². The van der Waals surface area contributed by atoms with Gasteiger partial charge in [-0.1, -0.05) is 165 Å². The van der Waals surface area contributed by atoms with E-state index in [0.717, 1.165) is 38.6 Å². The Hall–Kier alpha value is -6.42. The van der Waals surface area contributed by atoms with E-state index in [4.69, 9.17) is 0 Å². The zero-order valence-corrected chi connectivity index (χ0v) is 38.3. The summed E-state index contributed by atoms with van der Waals surface area (Å²) in [5.74, 6) is 0.907. The molecule has 0 N–H and O–H groups in total. The van der Waals surface area contributed by atoms with E-state index >= 15 is 0 Å². The first-order valence-corrected chi connectivity index (χ1v) is 22.6. The summed E-state index contributed by atoms with van der Waals surface area (Å²) in [6, 6.07) is 68.0. The van der Waals surface area contributed by atoms with Gasteiger partial charge in [-0.25, -0.2) is 0 Å². The second-order valence-electron chi connectivity index (χ2n) is 17.4. The average Bonchev–Trinajstić information content (AvgIpc) is 3.28. The van der Waals surface area contributed by atoms with E-state index in [1.807, 2.05) is 0 Å². The van der Waals surface area contributed by atoms with Gasteiger partial charge in [-0.15, -0.1) is 0 Å². The zero-order valence-electron chi connectivity index (χ0n) is 36.7. The SMILES string of the molecule is C.Cc1ccc(-c2c3ccc(N(c4ccc(C)cc4)c4ccc(C(C)C)cc4)cc3c(-c3ccc(Br)cc3)c3ccc(N(c4ccc(C)cc4)c4ccc(C(C)C)cc4)cc23)cc1. The lowest BCUT2D eigenvalue weighted by Crippen LogP contribution is -2.11. The Morgan fingerprint density at radius 3 is 0.952 bits per heavy atom. The Bertz CT molecular complexity index is 2790. The minimum absolute atomic E-state index is 0. The minimum Gasteiger partial charge on any atom is -0.310 e. The molecule has 0 spiro atoms. The van der Waals surface area contributed by atoms with Gasteiger partial charge in [0.15, 0.2) is 0 Å². The summed E-state index contributed by atoms with van der Waals surface area (Å²) >= 11 is 3.74. The van der Waals surface area contributed by atoms with E-state index < -0.39 is 0 Å². The summed E-state index contributed by atoms with van der Waals surface area (Å²) in [4.78, 5) is 4.80. The van der Waals surface area contributed by atoms with Crippen LogP contribution in [0.4, 0.5) is 34.1 Å². The molecular formula is C60H57BrN2. The molecule has 2 nitrogen and oxygen atoms in total. The highest BCUT2D eigenvalue weighted by molar-refractivity contribution is 9.10. The molecule has 314 valence electrons. The maximum atomic E-state index is 3.74. The molecule has 0 atom stereocenters. The number of fused-ring (bicyclic) bond motifs is 2. The molecule has 63 heavy (non-hydrogen) atoms. The fraction of sp³-hybridized carbons (Fsp3) is 0.167. The van der Waals surface area contributed by atoms with Crippen LogP contribution in [0.1, 0.15) is 74.8 Å². The average molecular weight is 886 g/mol. The van der Waals surface area contributed by atoms with Gasteiger partial charge >= 0.3 is 0 Å². The molecule has 0 amide bonds. The Labute approximate surface area is 383 Å². The third kappa shape index (κ3) is 8.68. The molecule has 0 saturated carbocycles. The zero-order chi connectivity index (χ0) is 43.1. The third-order valence-corrected chi connectivity index (χ3v) is 12.8. The van der Waals surface area contributed by atoms with Crippen molar-refractivity contribution < 1.29 is 0 Å². The number of hydrogen-bond donors (Lipinski definition) is 0. The number of benzene rings is 9. The van der Waals surface area contributed by atoms with Crippen molar-refractivity contribution >= 4 is 71.6 Å². The smallest absolute Gasteiger partial charge is 0.0468 e. The maximum absolute atomic E-state index is 3.74. The second-order valence-corrected chi connectivity index (χ2v) is 18.3. The lowest BCUT2D eigenvalue weighted by molar-refractivity contribution is 0.866. The van der Waals surface area contributed by atoms with E-state index in [1.54, 1.807) is 0 Å². The lowest BCUT2D eigenvalue weighted by Gasteiger charge is -2.28. The monoisotopic (exact) mass is 884 g/mol. The van der Waals surface area contributed by atoms with Crippen molar-refractivity contribution in [2.24, 2.45) is 0 Å². The highest BCUT2D eigenvalue weighted by Crippen LogP contribution is 2.48. The summed E-state index contributed by atoms with van der Waals surface area (Å²) in [6.45, 7) is 15.5. The second kappa shape index (κ2) is 18.1. The van der Waals surface area contributed by atoms with Crippen molar-refractivity contribution in [3.63, 3.8) is 0 Å². The predicted octanol–water partition coefficient (Wildman–Crippen LogP) is 18.8. The quantitative estimate of drug-likeness (QED) is 0.126. The summed E-state index contributed by atoms with van der Waals surface area (Å²) < 4.78 is 1.06. The number of aryl methyl sites for hydroxylation is 3. The van der Waals surface area contributed by atoms with E-state index in [9.17, 15) is 0 Å². The van der Waals surface area contributed by atoms with Crippen molar-refractivity contribution in [3.8, 4) is 22.3 Å². The minimum atomic E-state index is 0. The molecule has 0 saturated heterocycles. The van der Waals surface area contributed by atoms with Crippen LogP contribution in [0.3, 0.4) is 0 Å². The van der Waals surface area contributed by atoms with Crippen molar-refractivity contribution in [2.75, 3.05) is 9.80 Å². The first kappa shape index (κ1) is 43.2. The first-order chi connectivity index (χ1) is 30.0. The van der Waals surface area contributed by atoms with E-state index in [0.29, 0.717) is 11.8 Å². The van der Waals surface area contributed by atoms with Crippen LogP contribution in [0.25, 0.3) is 43.8 Å². The van der Waals surface area contributed by atoms with Crippen LogP contribution < -0.4 is 9.80 Å². The van der Waals surface area contributed by atoms with Crippen LogP contribution >= 0.6 is 15.9 Å². The van der Waals surface area contributed by atoms with Crippen LogP contribution in [-0.2, 0) is 0 Å². The standard InChI is InChI=1S/C59H53BrN2.CH4/c1-38(2)43-18-28-50(29-19-43)61(48-24-10-41(6)11-25-48)52-33-35-55-56(36-52)58(45-14-8-40(5)9-15-45)54-34-32-53(37-57(54)59(55)46-16-22-47(60)23-17-46)62(49-26-12-42(7)13-27-49)51-30-20-44(21-31-51)39(3)4;/h8-39H,1-7H3;1H4. The van der Waals surface area contributed by atoms with Crippen LogP contribution in [-0.4, -0.2) is 0 Å². The van der Waals surface area contributed by atoms with E-state index in [1.165, 1.54) is 71.6 Å². The van der Waals surface area contributed by atoms with E-state index in [-0.39, 0.29) is 7.43 Å². The number of anilines is 6. The van der Waals surface area contributed by atoms with Gasteiger partial charge in [0.05, 0.1) is 0 Å². The van der Waals surface area contributed by atoms with Gasteiger partial charge in [-0.2, -0.15) is 0 Å². The van der Waals surface area contributed by atoms with Crippen molar-refractivity contribution in [2.45, 2.75) is 67.7 Å². The fourth-order valence-electron chi connectivity index (χ4n) is 8.74. The number of hydrogen-bond acceptors (Lipinski definition) is 2. The van der Waals surface area contributed by atoms with Crippen molar-refractivity contribution in [3.05, 3.63) is 214 Å². The molecule has 0 aliphatic heterocycles. The first-order valence-electron chi connectivity index (χ1n) is 21.8. The molecule has 0 bridgehead atoms. The largest absolute Gasteiger partial charge is 0.310 e. The van der Waals surface area contributed by atoms with Crippen LogP contribution in [0, 0.1) is 20.8 Å². The van der Waals surface area contributed by atoms with Gasteiger partial charge < -0.3 is 9.80 Å². The molecule has 0 fully saturated rings. The molecule has 9 rings (SSSR count). The van der Waals surface area contributed by atoms with Gasteiger partial charge in [-0.05, 0) is 172 Å². The Morgan fingerprint density at radius 1 is 0.333 bits per heavy atom. The highest BCUT2D eigenvalue weighted by Gasteiger charge is 2.22. The summed E-state index contributed by atoms with van der Waals surface area (Å²) in [6.07, 6.45) is 0. The Balaban J connectivity index is 0.00000544. The van der Waals surface area contributed by atoms with Gasteiger partial charge in [0.1, 0.15) is 0 Å². The molecule has 9 aromatic rings. The Morgan fingerprint density at radius 2 is 0.619 bits per heavy atom. The topological polar surface area (TPSA) is 6.48 Å². The van der Waals surface area contributed by atoms with Crippen LogP contribution in [0.5, 0.6) is 0 Å². The Kier molecular flexibility index (Phi) is 12.4. The molecule has 0 aliphatic rings. The molecule has 9 aromatic carbocycles. The number of nitrogens with zero attached hydrogens (tertiary/aromatic N) is 2. The van der Waals surface area contributed by atoms with Crippen LogP contribution in [0.15, 0.2) is 186 Å². The summed E-state index contributed by atoms with van der Waals surface area (Å²) in [5, 5.41) is 4.83. The molecule has 3 heteroatoms. The van der Waals surface area contributed by atoms with Crippen LogP contribution in [0.2, 0.25) is 0 Å². The summed E-state index contributed by atoms with van der Waals surface area (Å²) in [7, 11) is 0. The lowest BCUT2D eigenvalue weighted by atomic mass is 9.85. The van der Waals surface area contributed by atoms with E-state index in [2.05, 4.69) is 256 Å². The molecule has 0 radical (unpaired) electrons. The van der Waals surface area contributed by atoms with Gasteiger partial charge in [0, 0.05) is 38.6 Å². The summed E-state index contributed by atoms with van der Waals surface area (Å²) in [5.41, 5.74) is 17.9. The predicted molar refractivity (Wildman–Crippen MR) is 279 cm³/mol. The number of rotatable bonds is 10. The fourth-order valence-corrected chi connectivity index (χ4v) is 9.00. The normalized spacial score (nSPS) is 11.3. The molecule has 0 aliphatic carbocycles. The molecule has 0 heterocycles. The number of halogens is 1. The van der Waals surface area contributed by atoms with Gasteiger partial charge in [-0.3, -0.25) is 0 Å². The molecule has 0 unspecified atom stereocenters. The van der Waals surface area contributed by atoms with Gasteiger partial charge in [0.2, 0.25) is 0 Å². The maximum Gasteiger partial charge on any atom is 0.0468 e. The highest BCUT2D eigenvalue weighted by atomic mass is 79.9. The van der Waals surface area contributed by atoms with Crippen molar-refractivity contribution in [1.82, 2.24) is 0 Å². The molecular weight excluding hydrogens is 829 g/mol. The third-order valence-electron chi connectivity index (χ3n) is 12.3. The van der Waals surface area contributed by atoms with Crippen molar-refractivity contribution in [1.29, 1.82) is 0 Å².